The maximum absolute atomic E-state index is 14.5. The van der Waals surface area contributed by atoms with Gasteiger partial charge in [0.05, 0.1) is 50.9 Å². The van der Waals surface area contributed by atoms with Crippen LogP contribution in [0.4, 0.5) is 26.2 Å². The highest BCUT2D eigenvalue weighted by atomic mass is 32.2. The van der Waals surface area contributed by atoms with Crippen LogP contribution >= 0.6 is 19.1 Å². The van der Waals surface area contributed by atoms with Gasteiger partial charge in [-0.1, -0.05) is 39.7 Å². The molecule has 23 heteroatoms. The number of amides is 3. The minimum absolute atomic E-state index is 0.0773. The Morgan fingerprint density at radius 3 is 2.33 bits per heavy atom. The standard InChI is InChI=1S/C22H28N2O5.C18H17FN4O2S.C3H8NO5P.C3H9S/c1-21(2)14-22(3,26-5)29-19-13-17(11-12-18(19)21)28-16-9-7-15(8-10-16)23-20(25)24(4)27-6;1-4-5-22-13-7-12(11(19)6-14(13)25-9-16(22)24)20-17-23-10-18(2,3)8-15(23)21-26-17;5-3(6)1-4-2-10(7,8)9;1-4(2)3/h7-13H,14H2,1-6H3,(H,23,25);1,6-7H,5,8-10H2,2-3H3;4H,1-2H2,(H,5,6)(H2,7,8,9);1-3H3/q;;;+1/p-1. The molecule has 3 aliphatic heterocycles. The Morgan fingerprint density at radius 1 is 1.09 bits per heavy atom. The first kappa shape index (κ1) is 56.1. The van der Waals surface area contributed by atoms with Crippen molar-refractivity contribution < 1.29 is 62.0 Å². The molecule has 0 radical (unpaired) electrons. The predicted molar refractivity (Wildman–Crippen MR) is 262 cm³/mol. The van der Waals surface area contributed by atoms with Gasteiger partial charge in [0, 0.05) is 75.4 Å². The number of urea groups is 1. The summed E-state index contributed by atoms with van der Waals surface area (Å²) in [6.45, 7) is 10.9. The number of carbonyl (C=O) groups is 3. The lowest BCUT2D eigenvalue weighted by Crippen LogP contribution is -2.45. The van der Waals surface area contributed by atoms with E-state index in [0.29, 0.717) is 44.3 Å². The highest BCUT2D eigenvalue weighted by Gasteiger charge is 2.42. The Morgan fingerprint density at radius 2 is 1.74 bits per heavy atom. The number of hydrogen-bond acceptors (Lipinski definition) is 14. The molecule has 2 atom stereocenters. The van der Waals surface area contributed by atoms with Gasteiger partial charge in [-0.3, -0.25) is 24.6 Å². The predicted octanol–water partition coefficient (Wildman–Crippen LogP) is 5.84. The third-order valence-electron chi connectivity index (χ3n) is 10.1. The molecule has 0 bridgehead atoms. The molecule has 3 aromatic carbocycles. The molecule has 376 valence electrons. The molecule has 0 fully saturated rings. The Labute approximate surface area is 408 Å². The molecular formula is C46H61FN7O12PS2. The lowest BCUT2D eigenvalue weighted by atomic mass is 9.76. The summed E-state index contributed by atoms with van der Waals surface area (Å²) in [5.74, 6) is 3.14. The summed E-state index contributed by atoms with van der Waals surface area (Å²) < 4.78 is 53.9. The van der Waals surface area contributed by atoms with Crippen LogP contribution in [0.25, 0.3) is 0 Å². The zero-order valence-corrected chi connectivity index (χ0v) is 43.1. The molecule has 3 amide bonds. The molecule has 19 nitrogen and oxygen atoms in total. The van der Waals surface area contributed by atoms with Crippen molar-refractivity contribution in [1.82, 2.24) is 19.3 Å². The highest BCUT2D eigenvalue weighted by molar-refractivity contribution is 7.94. The summed E-state index contributed by atoms with van der Waals surface area (Å²) in [5.41, 5.74) is 2.36. The van der Waals surface area contributed by atoms with Crippen LogP contribution in [0.3, 0.4) is 0 Å². The fourth-order valence-corrected chi connectivity index (χ4v) is 8.22. The van der Waals surface area contributed by atoms with E-state index in [1.165, 1.54) is 42.7 Å². The average molecular weight is 1020 g/mol. The largest absolute Gasteiger partial charge is 0.778 e. The third kappa shape index (κ3) is 16.6. The molecule has 3 aliphatic rings. The Kier molecular flexibility index (Phi) is 19.4. The van der Waals surface area contributed by atoms with Crippen molar-refractivity contribution in [2.45, 2.75) is 65.2 Å². The maximum Gasteiger partial charge on any atom is 0.345 e. The van der Waals surface area contributed by atoms with E-state index in [1.54, 1.807) is 31.4 Å². The zero-order valence-electron chi connectivity index (χ0n) is 40.6. The van der Waals surface area contributed by atoms with E-state index in [0.717, 1.165) is 41.6 Å². The number of hydrogen-bond donors (Lipinski definition) is 4. The second-order valence-electron chi connectivity index (χ2n) is 17.9. The number of nitrogens with one attached hydrogen (secondary N) is 2. The van der Waals surface area contributed by atoms with E-state index >= 15 is 0 Å². The summed E-state index contributed by atoms with van der Waals surface area (Å²) >= 11 is 1.24. The third-order valence-corrected chi connectivity index (χ3v) is 11.5. The van der Waals surface area contributed by atoms with Gasteiger partial charge >= 0.3 is 12.0 Å². The monoisotopic (exact) mass is 1020 g/mol. The van der Waals surface area contributed by atoms with Gasteiger partial charge < -0.3 is 48.3 Å². The van der Waals surface area contributed by atoms with Crippen LogP contribution in [0, 0.1) is 23.6 Å². The number of carboxylic acids is 1. The van der Waals surface area contributed by atoms with Crippen LogP contribution in [-0.2, 0) is 53.0 Å². The van der Waals surface area contributed by atoms with Crippen LogP contribution in [0.1, 0.15) is 52.4 Å². The van der Waals surface area contributed by atoms with Crippen molar-refractivity contribution in [2.75, 3.05) is 76.2 Å². The zero-order chi connectivity index (χ0) is 51.5. The number of nitrogens with zero attached hydrogens (tertiary/aromatic N) is 5. The van der Waals surface area contributed by atoms with Crippen molar-refractivity contribution >= 4 is 65.0 Å². The summed E-state index contributed by atoms with van der Waals surface area (Å²) in [7, 11) is 0.906. The summed E-state index contributed by atoms with van der Waals surface area (Å²) in [4.78, 5) is 63.0. The number of hydroxylamine groups is 2. The molecule has 69 heavy (non-hydrogen) atoms. The second-order valence-corrected chi connectivity index (χ2v) is 22.7. The van der Waals surface area contributed by atoms with Crippen LogP contribution in [0.2, 0.25) is 0 Å². The van der Waals surface area contributed by atoms with Gasteiger partial charge in [0.25, 0.3) is 5.91 Å². The van der Waals surface area contributed by atoms with Crippen LogP contribution in [-0.4, -0.2) is 114 Å². The second kappa shape index (κ2) is 23.9. The molecule has 4 aromatic rings. The van der Waals surface area contributed by atoms with Crippen LogP contribution in [0.15, 0.2) is 59.6 Å². The van der Waals surface area contributed by atoms with Crippen molar-refractivity contribution in [1.29, 1.82) is 0 Å². The van der Waals surface area contributed by atoms with Crippen LogP contribution < -0.4 is 39.4 Å². The molecule has 4 heterocycles. The van der Waals surface area contributed by atoms with Crippen molar-refractivity contribution in [2.24, 2.45) is 10.4 Å². The fraction of sp³-hybridized carbons (Fsp3) is 0.457. The normalized spacial score (nSPS) is 18.0. The van der Waals surface area contributed by atoms with Gasteiger partial charge in [-0.25, -0.2) is 19.2 Å². The number of benzene rings is 3. The number of anilines is 2. The minimum Gasteiger partial charge on any atom is -0.778 e. The molecule has 1 aromatic heterocycles. The first-order valence-electron chi connectivity index (χ1n) is 21.2. The van der Waals surface area contributed by atoms with Crippen molar-refractivity contribution in [3.63, 3.8) is 0 Å². The number of terminal acetylenes is 1. The molecule has 0 saturated carbocycles. The fourth-order valence-electron chi connectivity index (χ4n) is 7.07. The van der Waals surface area contributed by atoms with E-state index in [2.05, 4.69) is 67.1 Å². The number of rotatable bonds is 11. The van der Waals surface area contributed by atoms with Gasteiger partial charge in [-0.2, -0.15) is 4.37 Å². The van der Waals surface area contributed by atoms with E-state index in [4.69, 9.17) is 40.2 Å². The van der Waals surface area contributed by atoms with Gasteiger partial charge in [0.2, 0.25) is 10.6 Å². The smallest absolute Gasteiger partial charge is 0.345 e. The molecular weight excluding hydrogens is 957 g/mol. The Balaban J connectivity index is 0.000000237. The Hall–Kier alpha value is -5.50. The number of methoxy groups -OCH3 is 1. The highest BCUT2D eigenvalue weighted by Crippen LogP contribution is 2.46. The summed E-state index contributed by atoms with van der Waals surface area (Å²) in [6, 6.07) is 15.3. The first-order chi connectivity index (χ1) is 32.2. The number of aromatic nitrogens is 2. The van der Waals surface area contributed by atoms with E-state index in [9.17, 15) is 28.2 Å². The number of aliphatic carboxylic acids is 1. The Bertz CT molecular complexity index is 2610. The molecule has 0 spiro atoms. The van der Waals surface area contributed by atoms with Crippen molar-refractivity contribution in [3.05, 3.63) is 76.6 Å². The first-order valence-corrected chi connectivity index (χ1v) is 26.2. The molecule has 0 saturated heterocycles. The molecule has 2 unspecified atom stereocenters. The van der Waals surface area contributed by atoms with Gasteiger partial charge in [-0.05, 0) is 58.1 Å². The topological polar surface area (TPSA) is 239 Å². The number of fused-ring (bicyclic) bond motifs is 3. The molecule has 4 N–H and O–H groups in total. The minimum atomic E-state index is -4.35. The van der Waals surface area contributed by atoms with E-state index in [-0.39, 0.29) is 41.6 Å². The maximum atomic E-state index is 14.5. The van der Waals surface area contributed by atoms with Crippen LogP contribution in [0.5, 0.6) is 23.0 Å². The number of carboxylic acid groups (broad SMARTS) is 1. The summed E-state index contributed by atoms with van der Waals surface area (Å²) in [6.07, 6.45) is 12.8. The number of halogens is 1. The lowest BCUT2D eigenvalue weighted by molar-refractivity contribution is -0.193. The average Bonchev–Trinajstić information content (AvgIpc) is 3.76. The van der Waals surface area contributed by atoms with Gasteiger partial charge in [0.1, 0.15) is 42.1 Å². The van der Waals surface area contributed by atoms with E-state index < -0.39 is 38.0 Å². The molecule has 0 aliphatic carbocycles. The lowest BCUT2D eigenvalue weighted by Gasteiger charge is -2.43. The van der Waals surface area contributed by atoms with E-state index in [1.807, 2.05) is 35.0 Å². The quantitative estimate of drug-likeness (QED) is 0.0598. The summed E-state index contributed by atoms with van der Waals surface area (Å²) in [5, 5.41) is 13.8. The number of carbonyl (C=O) groups excluding carboxylic acids is 2. The number of ether oxygens (including phenoxy) is 4. The molecule has 7 rings (SSSR count). The van der Waals surface area contributed by atoms with Gasteiger partial charge in [0.15, 0.2) is 12.4 Å². The van der Waals surface area contributed by atoms with Gasteiger partial charge in [-0.15, -0.1) is 6.42 Å². The van der Waals surface area contributed by atoms with Crippen molar-refractivity contribution in [3.8, 4) is 35.3 Å². The SMILES string of the molecule is C#CCN1C(=O)COc2cc(F)c(N=c3snc4n3CC(C)(C)C4)cc21.CON(C)C(=O)Nc1ccc(Oc2ccc3c(c2)OC(C)(OC)CC3(C)C)cc1.C[S+](C)C.O=C(O)CNCP(=O)([O-])O.